The molecule has 1 aromatic carbocycles. The van der Waals surface area contributed by atoms with Crippen LogP contribution >= 0.6 is 23.5 Å². The Hall–Kier alpha value is -0.0800. The fourth-order valence-electron chi connectivity index (χ4n) is 1.44. The zero-order valence-corrected chi connectivity index (χ0v) is 9.24. The van der Waals surface area contributed by atoms with E-state index in [4.69, 9.17) is 0 Å². The molecule has 1 fully saturated rings. The van der Waals surface area contributed by atoms with Crippen LogP contribution in [0.5, 0.6) is 0 Å². The summed E-state index contributed by atoms with van der Waals surface area (Å²) in [5, 5.41) is 0. The quantitative estimate of drug-likeness (QED) is 0.745. The van der Waals surface area contributed by atoms with Gasteiger partial charge in [-0.3, -0.25) is 0 Å². The Bertz CT molecular complexity index is 240. The molecule has 0 bridgehead atoms. The standard InChI is InChI=1S/C11H14S2/c1-2-5-10(6-3-1)9-13-11-7-4-8-12-11/h1-3,5-6,11H,4,7-9H2. The lowest BCUT2D eigenvalue weighted by molar-refractivity contribution is 0.923. The summed E-state index contributed by atoms with van der Waals surface area (Å²) < 4.78 is 0.861. The van der Waals surface area contributed by atoms with E-state index < -0.39 is 0 Å². The van der Waals surface area contributed by atoms with Gasteiger partial charge in [0.25, 0.3) is 0 Å². The summed E-state index contributed by atoms with van der Waals surface area (Å²) in [6.07, 6.45) is 2.82. The van der Waals surface area contributed by atoms with Gasteiger partial charge in [-0.2, -0.15) is 0 Å². The Morgan fingerprint density at radius 2 is 2.15 bits per heavy atom. The topological polar surface area (TPSA) is 0 Å². The Morgan fingerprint density at radius 3 is 2.85 bits per heavy atom. The van der Waals surface area contributed by atoms with E-state index in [1.54, 1.807) is 0 Å². The van der Waals surface area contributed by atoms with Crippen molar-refractivity contribution < 1.29 is 0 Å². The van der Waals surface area contributed by atoms with Gasteiger partial charge in [-0.1, -0.05) is 30.3 Å². The zero-order chi connectivity index (χ0) is 8.93. The average Bonchev–Trinajstić information content (AvgIpc) is 2.69. The summed E-state index contributed by atoms with van der Waals surface area (Å²) in [7, 11) is 0. The molecule has 2 rings (SSSR count). The summed E-state index contributed by atoms with van der Waals surface area (Å²) in [5.41, 5.74) is 1.46. The van der Waals surface area contributed by atoms with Gasteiger partial charge in [-0.15, -0.1) is 23.5 Å². The largest absolute Gasteiger partial charge is 0.148 e. The molecule has 0 amide bonds. The number of hydrogen-bond acceptors (Lipinski definition) is 2. The first kappa shape index (κ1) is 9.47. The monoisotopic (exact) mass is 210 g/mol. The second-order valence-electron chi connectivity index (χ2n) is 3.24. The maximum atomic E-state index is 2.21. The van der Waals surface area contributed by atoms with Gasteiger partial charge in [0, 0.05) is 5.75 Å². The van der Waals surface area contributed by atoms with Crippen molar-refractivity contribution in [2.75, 3.05) is 5.75 Å². The average molecular weight is 210 g/mol. The molecule has 0 nitrogen and oxygen atoms in total. The molecule has 0 spiro atoms. The van der Waals surface area contributed by atoms with Gasteiger partial charge >= 0.3 is 0 Å². The maximum Gasteiger partial charge on any atom is 0.0506 e. The van der Waals surface area contributed by atoms with Gasteiger partial charge in [0.05, 0.1) is 4.58 Å². The van der Waals surface area contributed by atoms with E-state index >= 15 is 0 Å². The SMILES string of the molecule is c1ccc(CSC2CCCS2)cc1. The van der Waals surface area contributed by atoms with E-state index in [1.807, 2.05) is 0 Å². The van der Waals surface area contributed by atoms with Crippen molar-refractivity contribution in [2.45, 2.75) is 23.2 Å². The van der Waals surface area contributed by atoms with Crippen LogP contribution in [0.25, 0.3) is 0 Å². The third-order valence-electron chi connectivity index (χ3n) is 2.17. The first-order valence-electron chi connectivity index (χ1n) is 4.72. The van der Waals surface area contributed by atoms with E-state index in [-0.39, 0.29) is 0 Å². The summed E-state index contributed by atoms with van der Waals surface area (Å²) in [5.74, 6) is 2.55. The molecule has 0 N–H and O–H groups in total. The first-order valence-corrected chi connectivity index (χ1v) is 6.82. The normalized spacial score (nSPS) is 22.0. The third kappa shape index (κ3) is 2.96. The highest BCUT2D eigenvalue weighted by Gasteiger charge is 2.15. The predicted octanol–water partition coefficient (Wildman–Crippen LogP) is 3.77. The van der Waals surface area contributed by atoms with Crippen molar-refractivity contribution in [3.63, 3.8) is 0 Å². The maximum absolute atomic E-state index is 2.21. The summed E-state index contributed by atoms with van der Waals surface area (Å²) in [6.45, 7) is 0. The molecule has 0 saturated carbocycles. The van der Waals surface area contributed by atoms with Crippen LogP contribution < -0.4 is 0 Å². The number of rotatable bonds is 3. The lowest BCUT2D eigenvalue weighted by atomic mass is 10.2. The molecule has 13 heavy (non-hydrogen) atoms. The van der Waals surface area contributed by atoms with Gasteiger partial charge in [-0.05, 0) is 24.2 Å². The lowest BCUT2D eigenvalue weighted by Gasteiger charge is -2.07. The molecular weight excluding hydrogens is 196 g/mol. The molecular formula is C11H14S2. The van der Waals surface area contributed by atoms with Crippen molar-refractivity contribution in [1.29, 1.82) is 0 Å². The van der Waals surface area contributed by atoms with E-state index in [0.29, 0.717) is 0 Å². The number of thioether (sulfide) groups is 2. The third-order valence-corrected chi connectivity index (χ3v) is 5.22. The van der Waals surface area contributed by atoms with Crippen molar-refractivity contribution >= 4 is 23.5 Å². The summed E-state index contributed by atoms with van der Waals surface area (Å²) >= 11 is 4.22. The first-order chi connectivity index (χ1) is 6.45. The van der Waals surface area contributed by atoms with Crippen molar-refractivity contribution in [3.05, 3.63) is 35.9 Å². The Balaban J connectivity index is 1.79. The summed E-state index contributed by atoms with van der Waals surface area (Å²) in [6, 6.07) is 10.8. The molecule has 1 aliphatic rings. The minimum Gasteiger partial charge on any atom is -0.148 e. The van der Waals surface area contributed by atoms with E-state index in [2.05, 4.69) is 53.9 Å². The summed E-state index contributed by atoms with van der Waals surface area (Å²) in [4.78, 5) is 0. The molecule has 1 atom stereocenters. The molecule has 1 aliphatic heterocycles. The minimum absolute atomic E-state index is 0.861. The van der Waals surface area contributed by atoms with Gasteiger partial charge < -0.3 is 0 Å². The van der Waals surface area contributed by atoms with E-state index in [0.717, 1.165) is 4.58 Å². The van der Waals surface area contributed by atoms with Gasteiger partial charge in [0.15, 0.2) is 0 Å². The Kier molecular flexibility index (Phi) is 3.62. The predicted molar refractivity (Wildman–Crippen MR) is 63.2 cm³/mol. The van der Waals surface area contributed by atoms with Crippen LogP contribution in [0.1, 0.15) is 18.4 Å². The van der Waals surface area contributed by atoms with Crippen LogP contribution in [-0.4, -0.2) is 10.3 Å². The molecule has 0 radical (unpaired) electrons. The molecule has 0 aliphatic carbocycles. The number of benzene rings is 1. The van der Waals surface area contributed by atoms with Crippen LogP contribution in [0.3, 0.4) is 0 Å². The molecule has 1 unspecified atom stereocenters. The highest BCUT2D eigenvalue weighted by Crippen LogP contribution is 2.36. The fourth-order valence-corrected chi connectivity index (χ4v) is 4.15. The molecule has 1 heterocycles. The minimum atomic E-state index is 0.861. The Labute approximate surface area is 88.5 Å². The highest BCUT2D eigenvalue weighted by atomic mass is 32.2. The van der Waals surface area contributed by atoms with Gasteiger partial charge in [0.1, 0.15) is 0 Å². The van der Waals surface area contributed by atoms with Crippen LogP contribution in [0, 0.1) is 0 Å². The van der Waals surface area contributed by atoms with Crippen LogP contribution in [-0.2, 0) is 5.75 Å². The second kappa shape index (κ2) is 4.97. The lowest BCUT2D eigenvalue weighted by Crippen LogP contribution is -1.90. The molecule has 0 aromatic heterocycles. The molecule has 2 heteroatoms. The second-order valence-corrected chi connectivity index (χ2v) is 6.04. The van der Waals surface area contributed by atoms with Crippen LogP contribution in [0.4, 0.5) is 0 Å². The zero-order valence-electron chi connectivity index (χ0n) is 7.61. The molecule has 1 aromatic rings. The van der Waals surface area contributed by atoms with Crippen LogP contribution in [0.15, 0.2) is 30.3 Å². The smallest absolute Gasteiger partial charge is 0.0506 e. The van der Waals surface area contributed by atoms with E-state index in [1.165, 1.54) is 29.9 Å². The van der Waals surface area contributed by atoms with Crippen molar-refractivity contribution in [2.24, 2.45) is 0 Å². The van der Waals surface area contributed by atoms with E-state index in [9.17, 15) is 0 Å². The number of hydrogen-bond donors (Lipinski definition) is 0. The molecule has 1 saturated heterocycles. The Morgan fingerprint density at radius 1 is 1.31 bits per heavy atom. The van der Waals surface area contributed by atoms with Crippen molar-refractivity contribution in [1.82, 2.24) is 0 Å². The van der Waals surface area contributed by atoms with Gasteiger partial charge in [0.2, 0.25) is 0 Å². The fraction of sp³-hybridized carbons (Fsp3) is 0.455. The highest BCUT2D eigenvalue weighted by molar-refractivity contribution is 8.16. The van der Waals surface area contributed by atoms with Crippen molar-refractivity contribution in [3.8, 4) is 0 Å². The van der Waals surface area contributed by atoms with Crippen LogP contribution in [0.2, 0.25) is 0 Å². The van der Waals surface area contributed by atoms with Gasteiger partial charge in [-0.25, -0.2) is 0 Å². The molecule has 70 valence electrons.